The number of aliphatic hydroxyl groups excluding tert-OH is 1. The molecule has 0 saturated carbocycles. The molecule has 13 heteroatoms. The highest BCUT2D eigenvalue weighted by molar-refractivity contribution is 9.09. The number of amides is 3. The van der Waals surface area contributed by atoms with Crippen molar-refractivity contribution in [2.45, 2.75) is 24.6 Å². The van der Waals surface area contributed by atoms with Gasteiger partial charge in [0.15, 0.2) is 11.3 Å². The first-order valence-corrected chi connectivity index (χ1v) is 12.8. The smallest absolute Gasteiger partial charge is 0.412 e. The third-order valence-electron chi connectivity index (χ3n) is 5.28. The second kappa shape index (κ2) is 12.4. The maximum Gasteiger partial charge on any atom is 0.412 e. The van der Waals surface area contributed by atoms with Gasteiger partial charge in [-0.3, -0.25) is 29.5 Å². The van der Waals surface area contributed by atoms with Gasteiger partial charge in [-0.25, -0.2) is 9.59 Å². The van der Waals surface area contributed by atoms with E-state index in [1.54, 1.807) is 30.3 Å². The van der Waals surface area contributed by atoms with E-state index in [1.807, 2.05) is 30.3 Å². The number of β-lactam (4-membered cyclic amide) rings is 1. The average Bonchev–Trinajstić information content (AvgIpc) is 2.88. The Morgan fingerprint density at radius 2 is 1.68 bits per heavy atom. The summed E-state index contributed by atoms with van der Waals surface area (Å²) in [4.78, 5) is 59.8. The minimum Gasteiger partial charge on any atom is -0.509 e. The second-order valence-electron chi connectivity index (χ2n) is 7.57. The molecule has 37 heavy (non-hydrogen) atoms. The highest BCUT2D eigenvalue weighted by Crippen LogP contribution is 2.38. The molecule has 3 atom stereocenters. The quantitative estimate of drug-likeness (QED) is 0.138. The third kappa shape index (κ3) is 6.12. The minimum absolute atomic E-state index is 0.184. The third-order valence-corrected chi connectivity index (χ3v) is 6.67. The van der Waals surface area contributed by atoms with Gasteiger partial charge >= 0.3 is 12.1 Å². The summed E-state index contributed by atoms with van der Waals surface area (Å²) in [5.41, 5.74) is 1.26. The second-order valence-corrected chi connectivity index (χ2v) is 9.08. The number of ether oxygens (including phenoxy) is 1. The lowest BCUT2D eigenvalue weighted by Gasteiger charge is -2.49. The van der Waals surface area contributed by atoms with E-state index in [9.17, 15) is 34.2 Å². The maximum atomic E-state index is 12.7. The van der Waals surface area contributed by atoms with Crippen LogP contribution in [0.15, 0.2) is 72.1 Å². The topological polar surface area (TPSA) is 154 Å². The Kier molecular flexibility index (Phi) is 9.31. The number of para-hydroxylation sites is 1. The van der Waals surface area contributed by atoms with Crippen molar-refractivity contribution in [1.82, 2.24) is 10.2 Å². The summed E-state index contributed by atoms with van der Waals surface area (Å²) in [5, 5.41) is 20.7. The number of allylic oxidation sites excluding steroid dienone is 1. The van der Waals surface area contributed by atoms with Crippen LogP contribution in [0.1, 0.15) is 18.7 Å². The average molecular weight is 592 g/mol. The van der Waals surface area contributed by atoms with Crippen LogP contribution >= 0.6 is 27.7 Å². The number of carbonyl (C=O) groups excluding carboxylic acids is 4. The van der Waals surface area contributed by atoms with E-state index in [4.69, 9.17) is 4.74 Å². The molecule has 194 valence electrons. The molecule has 2 aromatic rings. The number of likely N-dealkylation sites (tertiary alicyclic amines) is 1. The fourth-order valence-electron chi connectivity index (χ4n) is 3.67. The standard InChI is InChI=1S/C16H15BrN2O6S.C8H7NO2/c1-9(21)18(10-5-3-2-4-6-10)13-14(23)19(15(13)26-8-20)12(16(24)25)11(22)7-17;10-8-9-7(11-8)6-4-2-1-3-5-6/h2-6,8,13,15,22H,7H2,1H3,(H,24,25);1-5,7H,(H,9,10). The number of hydrogen-bond acceptors (Lipinski definition) is 8. The summed E-state index contributed by atoms with van der Waals surface area (Å²) in [7, 11) is 0. The number of rotatable bonds is 8. The molecule has 2 heterocycles. The fourth-order valence-corrected chi connectivity index (χ4v) is 4.77. The number of hydrogen-bond donors (Lipinski definition) is 3. The lowest BCUT2D eigenvalue weighted by atomic mass is 10.0. The summed E-state index contributed by atoms with van der Waals surface area (Å²) in [6.45, 7) is 1.27. The van der Waals surface area contributed by atoms with Crippen molar-refractivity contribution in [3.05, 3.63) is 77.7 Å². The molecule has 3 N–H and O–H groups in total. The first-order chi connectivity index (χ1) is 17.7. The van der Waals surface area contributed by atoms with Crippen molar-refractivity contribution in [2.24, 2.45) is 0 Å². The predicted molar refractivity (Wildman–Crippen MR) is 138 cm³/mol. The summed E-state index contributed by atoms with van der Waals surface area (Å²) < 4.78 is 4.78. The Hall–Kier alpha value is -3.84. The van der Waals surface area contributed by atoms with Crippen LogP contribution in [0, 0.1) is 0 Å². The summed E-state index contributed by atoms with van der Waals surface area (Å²) >= 11 is 3.60. The number of anilines is 1. The molecule has 2 aromatic carbocycles. The lowest BCUT2D eigenvalue weighted by Crippen LogP contribution is -2.70. The molecular weight excluding hydrogens is 570 g/mol. The van der Waals surface area contributed by atoms with Crippen molar-refractivity contribution in [2.75, 3.05) is 10.2 Å². The van der Waals surface area contributed by atoms with Crippen molar-refractivity contribution in [3.8, 4) is 0 Å². The van der Waals surface area contributed by atoms with Gasteiger partial charge < -0.3 is 14.9 Å². The molecule has 3 unspecified atom stereocenters. The zero-order valence-electron chi connectivity index (χ0n) is 19.3. The molecule has 2 aliphatic heterocycles. The highest BCUT2D eigenvalue weighted by Gasteiger charge is 2.55. The monoisotopic (exact) mass is 591 g/mol. The van der Waals surface area contributed by atoms with Crippen LogP contribution in [0.4, 0.5) is 10.5 Å². The molecule has 11 nitrogen and oxygen atoms in total. The molecule has 2 saturated heterocycles. The molecule has 2 fully saturated rings. The molecule has 0 aliphatic carbocycles. The number of carboxylic acids is 1. The lowest BCUT2D eigenvalue weighted by molar-refractivity contribution is -0.149. The molecule has 0 spiro atoms. The van der Waals surface area contributed by atoms with E-state index < -0.39 is 40.7 Å². The van der Waals surface area contributed by atoms with Crippen LogP contribution in [0.5, 0.6) is 0 Å². The number of nitrogens with one attached hydrogen (secondary N) is 1. The van der Waals surface area contributed by atoms with Crippen LogP contribution in [-0.4, -0.2) is 61.4 Å². The van der Waals surface area contributed by atoms with Gasteiger partial charge in [0.05, 0.1) is 5.33 Å². The van der Waals surface area contributed by atoms with E-state index in [0.717, 1.165) is 10.5 Å². The molecular formula is C24H22BrN3O8S. The summed E-state index contributed by atoms with van der Waals surface area (Å²) in [6.07, 6.45) is -0.581. The highest BCUT2D eigenvalue weighted by atomic mass is 79.9. The number of halogens is 1. The number of nitrogens with zero attached hydrogens (tertiary/aromatic N) is 2. The number of thioether (sulfide) groups is 1. The van der Waals surface area contributed by atoms with Crippen molar-refractivity contribution in [3.63, 3.8) is 0 Å². The molecule has 3 amide bonds. The number of carboxylic acid groups (broad SMARTS) is 1. The van der Waals surface area contributed by atoms with Gasteiger partial charge in [-0.1, -0.05) is 76.2 Å². The largest absolute Gasteiger partial charge is 0.509 e. The Labute approximate surface area is 224 Å². The molecule has 2 aliphatic rings. The summed E-state index contributed by atoms with van der Waals surface area (Å²) in [5.74, 6) is -3.21. The van der Waals surface area contributed by atoms with Gasteiger partial charge in [-0.05, 0) is 12.1 Å². The predicted octanol–water partition coefficient (Wildman–Crippen LogP) is 3.17. The normalized spacial score (nSPS) is 20.5. The molecule has 0 bridgehead atoms. The van der Waals surface area contributed by atoms with Crippen LogP contribution in [0.2, 0.25) is 0 Å². The first kappa shape index (κ1) is 27.7. The van der Waals surface area contributed by atoms with Crippen LogP contribution in [0.3, 0.4) is 0 Å². The van der Waals surface area contributed by atoms with E-state index in [2.05, 4.69) is 21.2 Å². The van der Waals surface area contributed by atoms with Crippen molar-refractivity contribution >= 4 is 62.9 Å². The SMILES string of the molecule is CC(=O)N(c1ccccc1)C1C(=O)N(C(C(=O)O)=C(O)CBr)C1SC=O.O=C1NC(c2ccccc2)O1. The van der Waals surface area contributed by atoms with Gasteiger partial charge in [0.2, 0.25) is 12.1 Å². The van der Waals surface area contributed by atoms with Gasteiger partial charge in [0, 0.05) is 18.2 Å². The minimum atomic E-state index is -1.51. The van der Waals surface area contributed by atoms with Gasteiger partial charge in [-0.15, -0.1) is 0 Å². The Morgan fingerprint density at radius 1 is 1.11 bits per heavy atom. The van der Waals surface area contributed by atoms with Crippen molar-refractivity contribution in [1.29, 1.82) is 0 Å². The zero-order valence-corrected chi connectivity index (χ0v) is 21.7. The van der Waals surface area contributed by atoms with Gasteiger partial charge in [0.1, 0.15) is 17.2 Å². The Balaban J connectivity index is 0.000000284. The van der Waals surface area contributed by atoms with E-state index in [0.29, 0.717) is 23.1 Å². The Bertz CT molecular complexity index is 1200. The summed E-state index contributed by atoms with van der Waals surface area (Å²) in [6, 6.07) is 16.9. The van der Waals surface area contributed by atoms with Crippen LogP contribution < -0.4 is 10.2 Å². The van der Waals surface area contributed by atoms with Crippen molar-refractivity contribution < 1.29 is 38.9 Å². The Morgan fingerprint density at radius 3 is 2.14 bits per heavy atom. The first-order valence-electron chi connectivity index (χ1n) is 10.7. The van der Waals surface area contributed by atoms with Crippen LogP contribution in [0.25, 0.3) is 0 Å². The molecule has 0 aromatic heterocycles. The molecule has 4 rings (SSSR count). The van der Waals surface area contributed by atoms with Gasteiger partial charge in [0.25, 0.3) is 5.91 Å². The van der Waals surface area contributed by atoms with Gasteiger partial charge in [-0.2, -0.15) is 0 Å². The fraction of sp³-hybridized carbons (Fsp3) is 0.208. The number of aliphatic carboxylic acids is 1. The van der Waals surface area contributed by atoms with E-state index in [-0.39, 0.29) is 17.7 Å². The van der Waals surface area contributed by atoms with E-state index in [1.165, 1.54) is 11.8 Å². The number of carbonyl (C=O) groups is 5. The number of aliphatic hydroxyl groups is 1. The maximum absolute atomic E-state index is 12.7. The number of benzene rings is 2. The number of alkyl halides is 1. The van der Waals surface area contributed by atoms with Crippen LogP contribution in [-0.2, 0) is 23.9 Å². The zero-order chi connectivity index (χ0) is 27.1. The number of cyclic esters (lactones) is 1. The van der Waals surface area contributed by atoms with E-state index >= 15 is 0 Å². The molecule has 0 radical (unpaired) electrons.